The molecular weight excluding hydrogens is 410 g/mol. The van der Waals surface area contributed by atoms with E-state index in [1.165, 1.54) is 38.5 Å². The Balaban J connectivity index is 1.23. The van der Waals surface area contributed by atoms with Gasteiger partial charge in [0, 0.05) is 18.9 Å². The van der Waals surface area contributed by atoms with Gasteiger partial charge >= 0.3 is 0 Å². The van der Waals surface area contributed by atoms with E-state index in [-0.39, 0.29) is 11.9 Å². The van der Waals surface area contributed by atoms with Gasteiger partial charge in [0.25, 0.3) is 5.91 Å². The van der Waals surface area contributed by atoms with Crippen LogP contribution in [-0.4, -0.2) is 38.6 Å². The minimum Gasteiger partial charge on any atom is -0.339 e. The summed E-state index contributed by atoms with van der Waals surface area (Å²) in [5.41, 5.74) is 2.96. The summed E-state index contributed by atoms with van der Waals surface area (Å²) in [4.78, 5) is 20.3. The third-order valence-electron chi connectivity index (χ3n) is 8.49. The Hall–Kier alpha value is -2.73. The minimum absolute atomic E-state index is 0.0511. The maximum Gasteiger partial charge on any atom is 0.254 e. The molecule has 0 spiro atoms. The van der Waals surface area contributed by atoms with Crippen molar-refractivity contribution in [2.75, 3.05) is 13.2 Å². The topological polar surface area (TPSA) is 62.5 Å². The molecule has 0 aromatic carbocycles. The van der Waals surface area contributed by atoms with Crippen molar-refractivity contribution in [3.8, 4) is 0 Å². The summed E-state index contributed by atoms with van der Waals surface area (Å²) in [5, 5.41) is 7.50. The van der Waals surface area contributed by atoms with Crippen LogP contribution < -0.4 is 5.32 Å². The van der Waals surface area contributed by atoms with E-state index in [0.717, 1.165) is 35.5 Å². The van der Waals surface area contributed by atoms with Gasteiger partial charge < -0.3 is 5.32 Å². The average Bonchev–Trinajstić information content (AvgIpc) is 3.30. The molecule has 4 saturated carbocycles. The van der Waals surface area contributed by atoms with E-state index in [0.29, 0.717) is 17.6 Å². The zero-order valence-corrected chi connectivity index (χ0v) is 19.4. The van der Waals surface area contributed by atoms with Crippen molar-refractivity contribution in [2.45, 2.75) is 51.5 Å². The predicted octanol–water partition coefficient (Wildman–Crippen LogP) is 4.70. The summed E-state index contributed by atoms with van der Waals surface area (Å²) in [6.45, 7) is 3.78. The molecule has 4 fully saturated rings. The molecule has 4 aliphatic rings. The van der Waals surface area contributed by atoms with E-state index in [4.69, 9.17) is 0 Å². The first-order valence-electron chi connectivity index (χ1n) is 12.4. The van der Waals surface area contributed by atoms with Gasteiger partial charge in [-0.2, -0.15) is 5.10 Å². The number of carbonyl (C=O) groups is 1. The van der Waals surface area contributed by atoms with E-state index in [9.17, 15) is 4.79 Å². The van der Waals surface area contributed by atoms with Gasteiger partial charge in [-0.25, -0.2) is 4.52 Å². The SMILES string of the molecule is CC(c1ccccn1)N(CNC(=O)c1cccn2nccc12)CC12CC3CC(CC(C3)C1)C2. The predicted molar refractivity (Wildman–Crippen MR) is 127 cm³/mol. The van der Waals surface area contributed by atoms with Gasteiger partial charge in [-0.15, -0.1) is 0 Å². The average molecular weight is 444 g/mol. The molecule has 4 aliphatic carbocycles. The zero-order valence-electron chi connectivity index (χ0n) is 19.4. The lowest BCUT2D eigenvalue weighted by Gasteiger charge is -2.58. The first-order valence-corrected chi connectivity index (χ1v) is 12.4. The highest BCUT2D eigenvalue weighted by Gasteiger charge is 2.51. The normalized spacial score (nSPS) is 29.0. The molecule has 3 aromatic heterocycles. The van der Waals surface area contributed by atoms with Gasteiger partial charge in [0.05, 0.1) is 35.7 Å². The zero-order chi connectivity index (χ0) is 22.4. The molecule has 0 radical (unpaired) electrons. The second kappa shape index (κ2) is 8.24. The highest BCUT2D eigenvalue weighted by Crippen LogP contribution is 2.60. The summed E-state index contributed by atoms with van der Waals surface area (Å²) < 4.78 is 1.75. The quantitative estimate of drug-likeness (QED) is 0.538. The molecule has 1 amide bonds. The van der Waals surface area contributed by atoms with Crippen molar-refractivity contribution in [3.05, 3.63) is 66.2 Å². The molecule has 3 aromatic rings. The Morgan fingerprint density at radius 1 is 1.09 bits per heavy atom. The number of pyridine rings is 2. The lowest BCUT2D eigenvalue weighted by atomic mass is 9.49. The highest BCUT2D eigenvalue weighted by molar-refractivity contribution is 6.00. The molecular formula is C27H33N5O. The van der Waals surface area contributed by atoms with E-state index >= 15 is 0 Å². The van der Waals surface area contributed by atoms with Crippen molar-refractivity contribution in [1.82, 2.24) is 24.8 Å². The molecule has 4 bridgehead atoms. The standard InChI is InChI=1S/C27H33N5O/c1-19(24-6-2-3-8-28-24)31(17-27-14-20-11-21(15-27)13-22(12-20)16-27)18-29-26(33)23-5-4-10-32-25(23)7-9-30-32/h2-10,19-22H,11-18H2,1H3,(H,29,33). The van der Waals surface area contributed by atoms with Crippen LogP contribution in [0.4, 0.5) is 0 Å². The van der Waals surface area contributed by atoms with Gasteiger partial charge in [0.2, 0.25) is 0 Å². The molecule has 7 rings (SSSR count). The molecule has 3 heterocycles. The van der Waals surface area contributed by atoms with Crippen LogP contribution in [0.15, 0.2) is 55.0 Å². The summed E-state index contributed by atoms with van der Waals surface area (Å²) in [7, 11) is 0. The molecule has 172 valence electrons. The Bertz CT molecular complexity index is 1100. The largest absolute Gasteiger partial charge is 0.339 e. The summed E-state index contributed by atoms with van der Waals surface area (Å²) in [6.07, 6.45) is 13.9. The second-order valence-electron chi connectivity index (χ2n) is 10.8. The van der Waals surface area contributed by atoms with Crippen molar-refractivity contribution in [2.24, 2.45) is 23.2 Å². The first-order chi connectivity index (χ1) is 16.1. The lowest BCUT2D eigenvalue weighted by molar-refractivity contribution is -0.0748. The van der Waals surface area contributed by atoms with Crippen LogP contribution in [0.2, 0.25) is 0 Å². The molecule has 6 heteroatoms. The van der Waals surface area contributed by atoms with Crippen LogP contribution in [0.5, 0.6) is 0 Å². The Labute approximate surface area is 195 Å². The van der Waals surface area contributed by atoms with Crippen molar-refractivity contribution in [1.29, 1.82) is 0 Å². The molecule has 0 saturated heterocycles. The van der Waals surface area contributed by atoms with Gasteiger partial charge in [0.15, 0.2) is 0 Å². The Morgan fingerprint density at radius 2 is 1.85 bits per heavy atom. The number of nitrogens with zero attached hydrogens (tertiary/aromatic N) is 4. The Kier molecular flexibility index (Phi) is 5.21. The number of hydrogen-bond acceptors (Lipinski definition) is 4. The fraction of sp³-hybridized carbons (Fsp3) is 0.519. The number of amides is 1. The fourth-order valence-corrected chi connectivity index (χ4v) is 7.47. The van der Waals surface area contributed by atoms with E-state index in [2.05, 4.69) is 39.4 Å². The van der Waals surface area contributed by atoms with Gasteiger partial charge in [-0.1, -0.05) is 6.07 Å². The van der Waals surface area contributed by atoms with Gasteiger partial charge in [-0.05, 0) is 98.9 Å². The molecule has 1 N–H and O–H groups in total. The van der Waals surface area contributed by atoms with E-state index in [1.54, 1.807) is 10.7 Å². The van der Waals surface area contributed by atoms with E-state index in [1.807, 2.05) is 36.7 Å². The summed E-state index contributed by atoms with van der Waals surface area (Å²) in [6, 6.07) is 11.9. The van der Waals surface area contributed by atoms with Crippen molar-refractivity contribution in [3.63, 3.8) is 0 Å². The number of nitrogens with one attached hydrogen (secondary N) is 1. The van der Waals surface area contributed by atoms with Gasteiger partial charge in [0.1, 0.15) is 0 Å². The smallest absolute Gasteiger partial charge is 0.254 e. The number of fused-ring (bicyclic) bond motifs is 1. The van der Waals surface area contributed by atoms with Crippen molar-refractivity contribution < 1.29 is 4.79 Å². The molecule has 1 atom stereocenters. The van der Waals surface area contributed by atoms with Crippen LogP contribution >= 0.6 is 0 Å². The highest BCUT2D eigenvalue weighted by atomic mass is 16.1. The Morgan fingerprint density at radius 3 is 2.55 bits per heavy atom. The second-order valence-corrected chi connectivity index (χ2v) is 10.8. The number of aromatic nitrogens is 3. The fourth-order valence-electron chi connectivity index (χ4n) is 7.47. The number of rotatable bonds is 7. The van der Waals surface area contributed by atoms with Crippen LogP contribution in [0.3, 0.4) is 0 Å². The number of hydrogen-bond donors (Lipinski definition) is 1. The van der Waals surface area contributed by atoms with Crippen molar-refractivity contribution >= 4 is 11.4 Å². The maximum atomic E-state index is 13.2. The minimum atomic E-state index is -0.0511. The first kappa shape index (κ1) is 20.8. The summed E-state index contributed by atoms with van der Waals surface area (Å²) in [5.74, 6) is 2.69. The third-order valence-corrected chi connectivity index (χ3v) is 8.49. The molecule has 1 unspecified atom stereocenters. The third kappa shape index (κ3) is 3.95. The molecule has 6 nitrogen and oxygen atoms in total. The van der Waals surface area contributed by atoms with Crippen LogP contribution in [0, 0.1) is 23.2 Å². The lowest BCUT2D eigenvalue weighted by Crippen LogP contribution is -2.53. The van der Waals surface area contributed by atoms with E-state index < -0.39 is 0 Å². The van der Waals surface area contributed by atoms with Gasteiger partial charge in [-0.3, -0.25) is 14.7 Å². The maximum absolute atomic E-state index is 13.2. The molecule has 0 aliphatic heterocycles. The number of carbonyl (C=O) groups excluding carboxylic acids is 1. The van der Waals surface area contributed by atoms with Crippen LogP contribution in [0.1, 0.15) is 67.5 Å². The monoisotopic (exact) mass is 443 g/mol. The summed E-state index contributed by atoms with van der Waals surface area (Å²) >= 11 is 0. The van der Waals surface area contributed by atoms with Crippen LogP contribution in [-0.2, 0) is 0 Å². The molecule has 33 heavy (non-hydrogen) atoms. The van der Waals surface area contributed by atoms with Crippen LogP contribution in [0.25, 0.3) is 5.52 Å².